The molecule has 3 rings (SSSR count). The van der Waals surface area contributed by atoms with Gasteiger partial charge in [-0.1, -0.05) is 0 Å². The van der Waals surface area contributed by atoms with Crippen LogP contribution < -0.4 is 0 Å². The van der Waals surface area contributed by atoms with Crippen LogP contribution in [0.2, 0.25) is 0 Å². The molecule has 0 saturated carbocycles. The van der Waals surface area contributed by atoms with Gasteiger partial charge in [0, 0.05) is 31.7 Å². The Hall–Kier alpha value is -1.27. The van der Waals surface area contributed by atoms with E-state index in [0.29, 0.717) is 6.04 Å². The van der Waals surface area contributed by atoms with Crippen LogP contribution in [-0.4, -0.2) is 37.7 Å². The summed E-state index contributed by atoms with van der Waals surface area (Å²) in [5, 5.41) is 4.29. The summed E-state index contributed by atoms with van der Waals surface area (Å²) in [6.45, 7) is 2.83. The van der Waals surface area contributed by atoms with E-state index in [-0.39, 0.29) is 0 Å². The highest BCUT2D eigenvalue weighted by Gasteiger charge is 2.28. The predicted molar refractivity (Wildman–Crippen MR) is 66.3 cm³/mol. The zero-order chi connectivity index (χ0) is 11.7. The van der Waals surface area contributed by atoms with Crippen molar-refractivity contribution < 1.29 is 0 Å². The first-order valence-corrected chi connectivity index (χ1v) is 6.28. The summed E-state index contributed by atoms with van der Waals surface area (Å²) in [4.78, 5) is 10.8. The van der Waals surface area contributed by atoms with E-state index in [0.717, 1.165) is 29.9 Å². The van der Waals surface area contributed by atoms with Gasteiger partial charge in [-0.15, -0.1) is 0 Å². The fourth-order valence-electron chi connectivity index (χ4n) is 1.97. The highest BCUT2D eigenvalue weighted by Crippen LogP contribution is 2.22. The van der Waals surface area contributed by atoms with E-state index < -0.39 is 0 Å². The lowest BCUT2D eigenvalue weighted by Gasteiger charge is -2.38. The standard InChI is InChI=1S/C11H12BrN5/c12-9-4-15-17(5-9)10-6-16(7-10)8-11-13-2-1-3-14-11/h1-5,10H,6-8H2. The van der Waals surface area contributed by atoms with Gasteiger partial charge in [-0.05, 0) is 22.0 Å². The molecule has 0 atom stereocenters. The second-order valence-electron chi connectivity index (χ2n) is 4.15. The summed E-state index contributed by atoms with van der Waals surface area (Å²) in [6.07, 6.45) is 7.40. The van der Waals surface area contributed by atoms with Gasteiger partial charge in [-0.2, -0.15) is 5.10 Å². The number of hydrogen-bond acceptors (Lipinski definition) is 4. The first-order valence-electron chi connectivity index (χ1n) is 5.49. The number of hydrogen-bond donors (Lipinski definition) is 0. The fourth-order valence-corrected chi connectivity index (χ4v) is 2.27. The molecule has 0 spiro atoms. The van der Waals surface area contributed by atoms with Crippen molar-refractivity contribution >= 4 is 15.9 Å². The maximum absolute atomic E-state index is 4.29. The Bertz CT molecular complexity index is 492. The Labute approximate surface area is 108 Å². The minimum Gasteiger partial charge on any atom is -0.292 e. The van der Waals surface area contributed by atoms with Gasteiger partial charge in [0.15, 0.2) is 0 Å². The Morgan fingerprint density at radius 1 is 1.29 bits per heavy atom. The lowest BCUT2D eigenvalue weighted by molar-refractivity contribution is 0.0880. The number of likely N-dealkylation sites (tertiary alicyclic amines) is 1. The quantitative estimate of drug-likeness (QED) is 0.860. The molecule has 2 aromatic heterocycles. The van der Waals surface area contributed by atoms with Crippen LogP contribution in [0.5, 0.6) is 0 Å². The highest BCUT2D eigenvalue weighted by atomic mass is 79.9. The van der Waals surface area contributed by atoms with Crippen molar-refractivity contribution in [1.82, 2.24) is 24.6 Å². The minimum atomic E-state index is 0.477. The maximum Gasteiger partial charge on any atom is 0.142 e. The van der Waals surface area contributed by atoms with Gasteiger partial charge in [0.05, 0.1) is 23.3 Å². The van der Waals surface area contributed by atoms with Crippen LogP contribution in [0.1, 0.15) is 11.9 Å². The first kappa shape index (κ1) is 10.9. The Balaban J connectivity index is 1.55. The lowest BCUT2D eigenvalue weighted by Crippen LogP contribution is -2.47. The zero-order valence-corrected chi connectivity index (χ0v) is 10.8. The van der Waals surface area contributed by atoms with E-state index in [4.69, 9.17) is 0 Å². The van der Waals surface area contributed by atoms with E-state index >= 15 is 0 Å². The molecule has 0 aromatic carbocycles. The number of halogens is 1. The zero-order valence-electron chi connectivity index (χ0n) is 9.20. The minimum absolute atomic E-state index is 0.477. The van der Waals surface area contributed by atoms with E-state index in [1.165, 1.54) is 0 Å². The van der Waals surface area contributed by atoms with Crippen molar-refractivity contribution in [3.05, 3.63) is 41.2 Å². The summed E-state index contributed by atoms with van der Waals surface area (Å²) in [7, 11) is 0. The SMILES string of the molecule is Brc1cnn(C2CN(Cc3ncccn3)C2)c1. The molecule has 0 N–H and O–H groups in total. The molecule has 0 bridgehead atoms. The molecule has 2 aromatic rings. The highest BCUT2D eigenvalue weighted by molar-refractivity contribution is 9.10. The van der Waals surface area contributed by atoms with Crippen LogP contribution in [0.4, 0.5) is 0 Å². The maximum atomic E-state index is 4.29. The number of aromatic nitrogens is 4. The average molecular weight is 294 g/mol. The molecule has 0 amide bonds. The first-order chi connectivity index (χ1) is 8.31. The second-order valence-corrected chi connectivity index (χ2v) is 5.07. The van der Waals surface area contributed by atoms with Gasteiger partial charge in [0.2, 0.25) is 0 Å². The van der Waals surface area contributed by atoms with Gasteiger partial charge in [-0.3, -0.25) is 9.58 Å². The van der Waals surface area contributed by atoms with Gasteiger partial charge in [-0.25, -0.2) is 9.97 Å². The number of nitrogens with zero attached hydrogens (tertiary/aromatic N) is 5. The van der Waals surface area contributed by atoms with Crippen LogP contribution in [0.15, 0.2) is 35.3 Å². The molecule has 1 aliphatic heterocycles. The Morgan fingerprint density at radius 3 is 2.71 bits per heavy atom. The topological polar surface area (TPSA) is 46.8 Å². The summed E-state index contributed by atoms with van der Waals surface area (Å²) in [5.74, 6) is 0.882. The van der Waals surface area contributed by atoms with Crippen molar-refractivity contribution in [2.75, 3.05) is 13.1 Å². The van der Waals surface area contributed by atoms with Crippen molar-refractivity contribution in [2.45, 2.75) is 12.6 Å². The van der Waals surface area contributed by atoms with Crippen LogP contribution in [0.25, 0.3) is 0 Å². The summed E-state index contributed by atoms with van der Waals surface area (Å²) in [6, 6.07) is 2.31. The normalized spacial score (nSPS) is 17.0. The van der Waals surface area contributed by atoms with Crippen molar-refractivity contribution in [2.24, 2.45) is 0 Å². The second kappa shape index (κ2) is 4.54. The Morgan fingerprint density at radius 2 is 2.06 bits per heavy atom. The third-order valence-electron chi connectivity index (χ3n) is 2.87. The molecular weight excluding hydrogens is 282 g/mol. The van der Waals surface area contributed by atoms with Gasteiger partial charge in [0.25, 0.3) is 0 Å². The molecule has 0 radical (unpaired) electrons. The molecule has 1 fully saturated rings. The molecule has 0 unspecified atom stereocenters. The molecular formula is C11H12BrN5. The predicted octanol–water partition coefficient (Wildman–Crippen LogP) is 1.49. The largest absolute Gasteiger partial charge is 0.292 e. The molecule has 17 heavy (non-hydrogen) atoms. The van der Waals surface area contributed by atoms with Gasteiger partial charge >= 0.3 is 0 Å². The van der Waals surface area contributed by atoms with Crippen molar-refractivity contribution in [1.29, 1.82) is 0 Å². The van der Waals surface area contributed by atoms with E-state index in [1.807, 2.05) is 23.1 Å². The average Bonchev–Trinajstić information content (AvgIpc) is 2.71. The van der Waals surface area contributed by atoms with Gasteiger partial charge in [0.1, 0.15) is 5.82 Å². The third kappa shape index (κ3) is 2.37. The van der Waals surface area contributed by atoms with Crippen LogP contribution in [0, 0.1) is 0 Å². The molecule has 1 saturated heterocycles. The monoisotopic (exact) mass is 293 g/mol. The fraction of sp³-hybridized carbons (Fsp3) is 0.364. The number of rotatable bonds is 3. The van der Waals surface area contributed by atoms with Crippen LogP contribution >= 0.6 is 15.9 Å². The molecule has 0 aliphatic carbocycles. The summed E-state index contributed by atoms with van der Waals surface area (Å²) < 4.78 is 3.04. The molecule has 88 valence electrons. The van der Waals surface area contributed by atoms with Crippen LogP contribution in [-0.2, 0) is 6.54 Å². The summed E-state index contributed by atoms with van der Waals surface area (Å²) >= 11 is 3.41. The molecule has 3 heterocycles. The Kier molecular flexibility index (Phi) is 2.90. The lowest BCUT2D eigenvalue weighted by atomic mass is 10.1. The third-order valence-corrected chi connectivity index (χ3v) is 3.28. The molecule has 5 nitrogen and oxygen atoms in total. The van der Waals surface area contributed by atoms with E-state index in [9.17, 15) is 0 Å². The molecule has 1 aliphatic rings. The smallest absolute Gasteiger partial charge is 0.142 e. The van der Waals surface area contributed by atoms with Crippen molar-refractivity contribution in [3.63, 3.8) is 0 Å². The summed E-state index contributed by atoms with van der Waals surface area (Å²) in [5.41, 5.74) is 0. The van der Waals surface area contributed by atoms with Crippen molar-refractivity contribution in [3.8, 4) is 0 Å². The van der Waals surface area contributed by atoms with E-state index in [1.54, 1.807) is 12.4 Å². The van der Waals surface area contributed by atoms with Crippen LogP contribution in [0.3, 0.4) is 0 Å². The van der Waals surface area contributed by atoms with E-state index in [2.05, 4.69) is 35.9 Å². The van der Waals surface area contributed by atoms with Gasteiger partial charge < -0.3 is 0 Å². The molecule has 6 heteroatoms.